The van der Waals surface area contributed by atoms with E-state index in [1.54, 1.807) is 6.07 Å². The Kier molecular flexibility index (Phi) is 5.50. The fraction of sp³-hybridized carbons (Fsp3) is 0.667. The van der Waals surface area contributed by atoms with E-state index in [2.05, 4.69) is 20.6 Å². The summed E-state index contributed by atoms with van der Waals surface area (Å²) in [5, 5.41) is 6.29. The summed E-state index contributed by atoms with van der Waals surface area (Å²) < 4.78 is 0. The lowest BCUT2D eigenvalue weighted by molar-refractivity contribution is 0.0945. The Labute approximate surface area is 126 Å². The SMILES string of the molecule is Cc1nc(NC2CCCC2)cc(C(=O)NCCN(C)C)n1. The number of amides is 1. The number of rotatable bonds is 6. The molecule has 0 spiro atoms. The second kappa shape index (κ2) is 7.36. The van der Waals surface area contributed by atoms with Crippen LogP contribution in [0.25, 0.3) is 0 Å². The molecule has 1 aromatic rings. The Morgan fingerprint density at radius 2 is 2.05 bits per heavy atom. The van der Waals surface area contributed by atoms with Gasteiger partial charge in [0.15, 0.2) is 0 Å². The van der Waals surface area contributed by atoms with Gasteiger partial charge in [-0.15, -0.1) is 0 Å². The quantitative estimate of drug-likeness (QED) is 0.830. The van der Waals surface area contributed by atoms with Crippen LogP contribution in [0.5, 0.6) is 0 Å². The molecule has 1 fully saturated rings. The molecule has 0 radical (unpaired) electrons. The summed E-state index contributed by atoms with van der Waals surface area (Å²) in [6, 6.07) is 2.22. The van der Waals surface area contributed by atoms with E-state index < -0.39 is 0 Å². The molecule has 116 valence electrons. The van der Waals surface area contributed by atoms with Crippen molar-refractivity contribution in [2.24, 2.45) is 0 Å². The van der Waals surface area contributed by atoms with Gasteiger partial charge in [-0.3, -0.25) is 4.79 Å². The lowest BCUT2D eigenvalue weighted by Crippen LogP contribution is -2.32. The maximum Gasteiger partial charge on any atom is 0.270 e. The predicted octanol–water partition coefficient (Wildman–Crippen LogP) is 1.43. The molecule has 2 rings (SSSR count). The minimum absolute atomic E-state index is 0.142. The first-order valence-corrected chi connectivity index (χ1v) is 7.60. The minimum Gasteiger partial charge on any atom is -0.367 e. The van der Waals surface area contributed by atoms with E-state index in [0.717, 1.165) is 12.4 Å². The highest BCUT2D eigenvalue weighted by Crippen LogP contribution is 2.21. The third-order valence-electron chi connectivity index (χ3n) is 3.62. The lowest BCUT2D eigenvalue weighted by Gasteiger charge is -2.14. The van der Waals surface area contributed by atoms with Crippen LogP contribution in [0.15, 0.2) is 6.07 Å². The van der Waals surface area contributed by atoms with Gasteiger partial charge in [0.25, 0.3) is 5.91 Å². The number of hydrogen-bond donors (Lipinski definition) is 2. The highest BCUT2D eigenvalue weighted by atomic mass is 16.1. The van der Waals surface area contributed by atoms with Crippen molar-refractivity contribution in [1.82, 2.24) is 20.2 Å². The first kappa shape index (κ1) is 15.7. The van der Waals surface area contributed by atoms with E-state index in [1.165, 1.54) is 25.7 Å². The lowest BCUT2D eigenvalue weighted by atomic mass is 10.2. The number of carbonyl (C=O) groups is 1. The molecule has 1 aliphatic rings. The van der Waals surface area contributed by atoms with Gasteiger partial charge in [-0.05, 0) is 33.9 Å². The first-order valence-electron chi connectivity index (χ1n) is 7.60. The molecular formula is C15H25N5O. The number of anilines is 1. The van der Waals surface area contributed by atoms with Crippen LogP contribution in [0.1, 0.15) is 42.0 Å². The summed E-state index contributed by atoms with van der Waals surface area (Å²) in [6.45, 7) is 3.24. The summed E-state index contributed by atoms with van der Waals surface area (Å²) >= 11 is 0. The summed E-state index contributed by atoms with van der Waals surface area (Å²) in [4.78, 5) is 22.8. The van der Waals surface area contributed by atoms with Crippen molar-refractivity contribution in [1.29, 1.82) is 0 Å². The van der Waals surface area contributed by atoms with Crippen LogP contribution >= 0.6 is 0 Å². The molecule has 6 heteroatoms. The molecule has 0 aromatic carbocycles. The normalized spacial score (nSPS) is 15.4. The van der Waals surface area contributed by atoms with Crippen molar-refractivity contribution < 1.29 is 4.79 Å². The molecule has 1 saturated carbocycles. The average molecular weight is 291 g/mol. The number of nitrogens with zero attached hydrogens (tertiary/aromatic N) is 3. The van der Waals surface area contributed by atoms with Gasteiger partial charge in [-0.25, -0.2) is 9.97 Å². The van der Waals surface area contributed by atoms with Gasteiger partial charge >= 0.3 is 0 Å². The van der Waals surface area contributed by atoms with Crippen LogP contribution in [-0.2, 0) is 0 Å². The zero-order chi connectivity index (χ0) is 15.2. The number of aromatic nitrogens is 2. The third kappa shape index (κ3) is 4.97. The fourth-order valence-corrected chi connectivity index (χ4v) is 2.52. The van der Waals surface area contributed by atoms with Crippen LogP contribution < -0.4 is 10.6 Å². The third-order valence-corrected chi connectivity index (χ3v) is 3.62. The number of likely N-dealkylation sites (N-methyl/N-ethyl adjacent to an activating group) is 1. The maximum atomic E-state index is 12.1. The molecule has 0 atom stereocenters. The average Bonchev–Trinajstić information content (AvgIpc) is 2.90. The molecule has 1 amide bonds. The highest BCUT2D eigenvalue weighted by Gasteiger charge is 2.16. The molecule has 1 heterocycles. The maximum absolute atomic E-state index is 12.1. The Bertz CT molecular complexity index is 483. The summed E-state index contributed by atoms with van der Waals surface area (Å²) in [7, 11) is 3.95. The Morgan fingerprint density at radius 1 is 1.33 bits per heavy atom. The molecule has 0 unspecified atom stereocenters. The minimum atomic E-state index is -0.142. The topological polar surface area (TPSA) is 70.2 Å². The van der Waals surface area contributed by atoms with Crippen molar-refractivity contribution in [2.45, 2.75) is 38.6 Å². The van der Waals surface area contributed by atoms with E-state index in [-0.39, 0.29) is 5.91 Å². The van der Waals surface area contributed by atoms with E-state index in [1.807, 2.05) is 25.9 Å². The Balaban J connectivity index is 1.98. The van der Waals surface area contributed by atoms with Gasteiger partial charge in [0, 0.05) is 25.2 Å². The van der Waals surface area contributed by atoms with Crippen LogP contribution in [0.4, 0.5) is 5.82 Å². The second-order valence-electron chi connectivity index (χ2n) is 5.87. The molecule has 0 bridgehead atoms. The van der Waals surface area contributed by atoms with Gasteiger partial charge in [0.2, 0.25) is 0 Å². The summed E-state index contributed by atoms with van der Waals surface area (Å²) in [5.41, 5.74) is 0.432. The van der Waals surface area contributed by atoms with Crippen LogP contribution in [0.2, 0.25) is 0 Å². The van der Waals surface area contributed by atoms with Crippen molar-refractivity contribution in [3.8, 4) is 0 Å². The first-order chi connectivity index (χ1) is 10.0. The fourth-order valence-electron chi connectivity index (χ4n) is 2.52. The van der Waals surface area contributed by atoms with E-state index >= 15 is 0 Å². The Hall–Kier alpha value is -1.69. The van der Waals surface area contributed by atoms with Gasteiger partial charge in [-0.2, -0.15) is 0 Å². The van der Waals surface area contributed by atoms with E-state index in [0.29, 0.717) is 24.1 Å². The Morgan fingerprint density at radius 3 is 2.71 bits per heavy atom. The van der Waals surface area contributed by atoms with Crippen molar-refractivity contribution >= 4 is 11.7 Å². The smallest absolute Gasteiger partial charge is 0.270 e. The summed E-state index contributed by atoms with van der Waals surface area (Å²) in [6.07, 6.45) is 4.88. The molecule has 0 aliphatic heterocycles. The number of hydrogen-bond acceptors (Lipinski definition) is 5. The largest absolute Gasteiger partial charge is 0.367 e. The number of nitrogens with one attached hydrogen (secondary N) is 2. The van der Waals surface area contributed by atoms with Crippen LogP contribution in [0, 0.1) is 6.92 Å². The number of aryl methyl sites for hydroxylation is 1. The van der Waals surface area contributed by atoms with Crippen molar-refractivity contribution in [3.05, 3.63) is 17.6 Å². The second-order valence-corrected chi connectivity index (χ2v) is 5.87. The molecule has 21 heavy (non-hydrogen) atoms. The van der Waals surface area contributed by atoms with Crippen molar-refractivity contribution in [2.75, 3.05) is 32.5 Å². The van der Waals surface area contributed by atoms with E-state index in [4.69, 9.17) is 0 Å². The number of carbonyl (C=O) groups excluding carboxylic acids is 1. The zero-order valence-corrected chi connectivity index (χ0v) is 13.1. The standard InChI is InChI=1S/C15H25N5O/c1-11-17-13(15(21)16-8-9-20(2)3)10-14(18-11)19-12-6-4-5-7-12/h10,12H,4-9H2,1-3H3,(H,16,21)(H,17,18,19). The van der Waals surface area contributed by atoms with Gasteiger partial charge < -0.3 is 15.5 Å². The summed E-state index contributed by atoms with van der Waals surface area (Å²) in [5.74, 6) is 1.24. The molecular weight excluding hydrogens is 266 g/mol. The van der Waals surface area contributed by atoms with Crippen molar-refractivity contribution in [3.63, 3.8) is 0 Å². The molecule has 1 aliphatic carbocycles. The van der Waals surface area contributed by atoms with Gasteiger partial charge in [-0.1, -0.05) is 12.8 Å². The van der Waals surface area contributed by atoms with Gasteiger partial charge in [0.1, 0.15) is 17.3 Å². The van der Waals surface area contributed by atoms with Crippen LogP contribution in [-0.4, -0.2) is 54.0 Å². The van der Waals surface area contributed by atoms with E-state index in [9.17, 15) is 4.79 Å². The highest BCUT2D eigenvalue weighted by molar-refractivity contribution is 5.92. The molecule has 2 N–H and O–H groups in total. The predicted molar refractivity (Wildman–Crippen MR) is 83.5 cm³/mol. The molecule has 0 saturated heterocycles. The molecule has 6 nitrogen and oxygen atoms in total. The molecule has 1 aromatic heterocycles. The van der Waals surface area contributed by atoms with Gasteiger partial charge in [0.05, 0.1) is 0 Å². The zero-order valence-electron chi connectivity index (χ0n) is 13.1. The monoisotopic (exact) mass is 291 g/mol. The van der Waals surface area contributed by atoms with Crippen LogP contribution in [0.3, 0.4) is 0 Å².